The smallest absolute Gasteiger partial charge is 0.322 e. The van der Waals surface area contributed by atoms with E-state index in [1.54, 1.807) is 24.3 Å². The van der Waals surface area contributed by atoms with E-state index in [0.29, 0.717) is 23.8 Å². The predicted octanol–water partition coefficient (Wildman–Crippen LogP) is 3.15. The Morgan fingerprint density at radius 3 is 2.45 bits per heavy atom. The van der Waals surface area contributed by atoms with E-state index in [1.807, 2.05) is 25.1 Å². The monoisotopic (exact) mass is 442 g/mol. The molecule has 164 valence electrons. The minimum Gasteiger partial charge on any atom is -0.352 e. The number of halogens is 1. The largest absolute Gasteiger partial charge is 0.352 e. The van der Waals surface area contributed by atoms with Gasteiger partial charge in [-0.15, -0.1) is 0 Å². The lowest BCUT2D eigenvalue weighted by Gasteiger charge is -2.34. The van der Waals surface area contributed by atoms with Crippen molar-refractivity contribution in [3.05, 3.63) is 65.2 Å². The van der Waals surface area contributed by atoms with Gasteiger partial charge in [0.2, 0.25) is 11.8 Å². The molecule has 7 nitrogen and oxygen atoms in total. The van der Waals surface area contributed by atoms with Gasteiger partial charge in [0, 0.05) is 29.8 Å². The predicted molar refractivity (Wildman–Crippen MR) is 121 cm³/mol. The summed E-state index contributed by atoms with van der Waals surface area (Å²) < 4.78 is 0. The zero-order valence-corrected chi connectivity index (χ0v) is 18.3. The molecule has 0 radical (unpaired) electrons. The molecule has 1 saturated heterocycles. The van der Waals surface area contributed by atoms with Gasteiger partial charge < -0.3 is 20.4 Å². The Morgan fingerprint density at radius 2 is 1.77 bits per heavy atom. The summed E-state index contributed by atoms with van der Waals surface area (Å²) in [4.78, 5) is 40.1. The van der Waals surface area contributed by atoms with E-state index in [9.17, 15) is 14.4 Å². The summed E-state index contributed by atoms with van der Waals surface area (Å²) in [6.07, 6.45) is 1.70. The van der Waals surface area contributed by atoms with Gasteiger partial charge in [-0.1, -0.05) is 41.9 Å². The Kier molecular flexibility index (Phi) is 7.89. The van der Waals surface area contributed by atoms with Crippen molar-refractivity contribution < 1.29 is 14.4 Å². The van der Waals surface area contributed by atoms with E-state index < -0.39 is 0 Å². The molecule has 1 aliphatic heterocycles. The van der Waals surface area contributed by atoms with Gasteiger partial charge in [0.05, 0.1) is 6.54 Å². The molecule has 2 N–H and O–H groups in total. The first-order valence-corrected chi connectivity index (χ1v) is 10.7. The van der Waals surface area contributed by atoms with E-state index in [1.165, 1.54) is 15.4 Å². The van der Waals surface area contributed by atoms with Crippen LogP contribution in [0.15, 0.2) is 54.6 Å². The van der Waals surface area contributed by atoms with Gasteiger partial charge in [-0.2, -0.15) is 0 Å². The summed E-state index contributed by atoms with van der Waals surface area (Å²) >= 11 is 5.84. The van der Waals surface area contributed by atoms with Gasteiger partial charge in [-0.3, -0.25) is 9.59 Å². The topological polar surface area (TPSA) is 81.8 Å². The van der Waals surface area contributed by atoms with Crippen molar-refractivity contribution in [2.24, 2.45) is 0 Å². The van der Waals surface area contributed by atoms with E-state index in [0.717, 1.165) is 12.8 Å². The van der Waals surface area contributed by atoms with Crippen molar-refractivity contribution in [2.75, 3.05) is 31.5 Å². The van der Waals surface area contributed by atoms with Crippen molar-refractivity contribution in [3.8, 4) is 0 Å². The second kappa shape index (κ2) is 10.8. The lowest BCUT2D eigenvalue weighted by molar-refractivity contribution is -0.139. The molecule has 2 aromatic rings. The molecule has 8 heteroatoms. The molecule has 0 saturated carbocycles. The molecule has 0 spiro atoms. The number of carbonyl (C=O) groups excluding carboxylic acids is 3. The summed E-state index contributed by atoms with van der Waals surface area (Å²) in [7, 11) is 0. The van der Waals surface area contributed by atoms with Crippen LogP contribution in [-0.2, 0) is 16.0 Å². The van der Waals surface area contributed by atoms with Crippen LogP contribution in [0.4, 0.5) is 10.5 Å². The molecule has 3 rings (SSSR count). The maximum atomic E-state index is 12.4. The van der Waals surface area contributed by atoms with Crippen molar-refractivity contribution in [2.45, 2.75) is 25.8 Å². The third kappa shape index (κ3) is 7.00. The van der Waals surface area contributed by atoms with Crippen LogP contribution < -0.4 is 10.6 Å². The van der Waals surface area contributed by atoms with Crippen molar-refractivity contribution in [3.63, 3.8) is 0 Å². The molecule has 31 heavy (non-hydrogen) atoms. The van der Waals surface area contributed by atoms with E-state index in [4.69, 9.17) is 11.6 Å². The first-order chi connectivity index (χ1) is 14.9. The maximum Gasteiger partial charge on any atom is 0.322 e. The molecule has 0 aromatic heterocycles. The van der Waals surface area contributed by atoms with Crippen LogP contribution in [0.25, 0.3) is 0 Å². The second-order valence-electron chi connectivity index (χ2n) is 7.67. The summed E-state index contributed by atoms with van der Waals surface area (Å²) in [6, 6.07) is 16.5. The number of urea groups is 1. The number of benzene rings is 2. The number of hydrogen-bond donors (Lipinski definition) is 2. The Morgan fingerprint density at radius 1 is 1.06 bits per heavy atom. The minimum atomic E-state index is -0.352. The molecule has 0 aliphatic carbocycles. The fourth-order valence-corrected chi connectivity index (χ4v) is 3.50. The highest BCUT2D eigenvalue weighted by atomic mass is 35.5. The molecule has 1 heterocycles. The molecule has 0 bridgehead atoms. The highest BCUT2D eigenvalue weighted by Gasteiger charge is 2.28. The number of nitrogens with zero attached hydrogens (tertiary/aromatic N) is 2. The van der Waals surface area contributed by atoms with Crippen LogP contribution in [0.5, 0.6) is 0 Å². The number of aryl methyl sites for hydroxylation is 1. The summed E-state index contributed by atoms with van der Waals surface area (Å²) in [5.74, 6) is -0.433. The quantitative estimate of drug-likeness (QED) is 0.691. The lowest BCUT2D eigenvalue weighted by Crippen LogP contribution is -2.55. The van der Waals surface area contributed by atoms with Gasteiger partial charge in [0.25, 0.3) is 0 Å². The average molecular weight is 443 g/mol. The number of anilines is 1. The Bertz CT molecular complexity index is 905. The Hall–Kier alpha value is -3.06. The molecule has 1 aliphatic rings. The van der Waals surface area contributed by atoms with Gasteiger partial charge in [-0.25, -0.2) is 4.79 Å². The normalized spacial score (nSPS) is 14.8. The zero-order valence-electron chi connectivity index (χ0n) is 17.5. The molecular weight excluding hydrogens is 416 g/mol. The number of amides is 4. The summed E-state index contributed by atoms with van der Waals surface area (Å²) in [5, 5.41) is 6.28. The number of hydrogen-bond acceptors (Lipinski definition) is 3. The van der Waals surface area contributed by atoms with E-state index >= 15 is 0 Å². The first kappa shape index (κ1) is 22.6. The van der Waals surface area contributed by atoms with E-state index in [-0.39, 0.29) is 37.0 Å². The maximum absolute atomic E-state index is 12.4. The van der Waals surface area contributed by atoms with Gasteiger partial charge >= 0.3 is 6.03 Å². The lowest BCUT2D eigenvalue weighted by atomic mass is 10.1. The van der Waals surface area contributed by atoms with Crippen LogP contribution in [0.1, 0.15) is 18.9 Å². The van der Waals surface area contributed by atoms with Crippen LogP contribution >= 0.6 is 11.6 Å². The molecule has 1 fully saturated rings. The Labute approximate surface area is 187 Å². The highest BCUT2D eigenvalue weighted by Crippen LogP contribution is 2.14. The van der Waals surface area contributed by atoms with Crippen molar-refractivity contribution in [1.29, 1.82) is 0 Å². The van der Waals surface area contributed by atoms with Gasteiger partial charge in [-0.05, 0) is 49.6 Å². The van der Waals surface area contributed by atoms with Crippen LogP contribution in [0.2, 0.25) is 5.02 Å². The number of rotatable bonds is 7. The first-order valence-electron chi connectivity index (χ1n) is 10.3. The third-order valence-electron chi connectivity index (χ3n) is 5.15. The van der Waals surface area contributed by atoms with Gasteiger partial charge in [0.1, 0.15) is 6.54 Å². The number of carbonyl (C=O) groups is 3. The van der Waals surface area contributed by atoms with Crippen LogP contribution in [0, 0.1) is 0 Å². The van der Waals surface area contributed by atoms with Crippen LogP contribution in [-0.4, -0.2) is 59.9 Å². The molecule has 1 atom stereocenters. The van der Waals surface area contributed by atoms with Crippen molar-refractivity contribution in [1.82, 2.24) is 15.1 Å². The number of nitrogens with one attached hydrogen (secondary N) is 2. The van der Waals surface area contributed by atoms with Gasteiger partial charge in [0.15, 0.2) is 0 Å². The van der Waals surface area contributed by atoms with E-state index in [2.05, 4.69) is 22.8 Å². The Balaban J connectivity index is 1.40. The molecule has 0 unspecified atom stereocenters. The van der Waals surface area contributed by atoms with Crippen molar-refractivity contribution >= 4 is 35.1 Å². The number of piperazine rings is 1. The summed E-state index contributed by atoms with van der Waals surface area (Å²) in [6.45, 7) is 2.58. The standard InChI is InChI=1S/C23H27ClN4O3/c1-17(7-8-18-5-3-2-4-6-18)25-21(29)15-27-13-14-28(16-22(27)30)23(31)26-20-11-9-19(24)10-12-20/h2-6,9-12,17H,7-8,13-16H2,1H3,(H,25,29)(H,26,31)/t17-/m0/s1. The zero-order chi connectivity index (χ0) is 22.2. The third-order valence-corrected chi connectivity index (χ3v) is 5.40. The van der Waals surface area contributed by atoms with Crippen LogP contribution in [0.3, 0.4) is 0 Å². The molecular formula is C23H27ClN4O3. The second-order valence-corrected chi connectivity index (χ2v) is 8.10. The highest BCUT2D eigenvalue weighted by molar-refractivity contribution is 6.30. The average Bonchev–Trinajstić information content (AvgIpc) is 2.76. The molecule has 4 amide bonds. The minimum absolute atomic E-state index is 0.00114. The summed E-state index contributed by atoms with van der Waals surface area (Å²) in [5.41, 5.74) is 1.83. The molecule has 2 aromatic carbocycles. The SMILES string of the molecule is C[C@@H](CCc1ccccc1)NC(=O)CN1CCN(C(=O)Nc2ccc(Cl)cc2)CC1=O. The fraction of sp³-hybridized carbons (Fsp3) is 0.348. The fourth-order valence-electron chi connectivity index (χ4n) is 3.38.